The van der Waals surface area contributed by atoms with Crippen molar-refractivity contribution < 1.29 is 9.90 Å². The van der Waals surface area contributed by atoms with Gasteiger partial charge in [0.25, 0.3) is 5.91 Å². The van der Waals surface area contributed by atoms with Gasteiger partial charge in [-0.3, -0.25) is 9.69 Å². The van der Waals surface area contributed by atoms with Crippen molar-refractivity contribution in [3.05, 3.63) is 95.8 Å². The Labute approximate surface area is 229 Å². The third-order valence-electron chi connectivity index (χ3n) is 7.88. The highest BCUT2D eigenvalue weighted by Crippen LogP contribution is 2.49. The first-order valence-corrected chi connectivity index (χ1v) is 13.6. The van der Waals surface area contributed by atoms with Crippen molar-refractivity contribution >= 4 is 34.5 Å². The summed E-state index contributed by atoms with van der Waals surface area (Å²) in [6.45, 7) is 6.32. The number of likely N-dealkylation sites (tertiary alicyclic amines) is 1. The average Bonchev–Trinajstić information content (AvgIpc) is 3.35. The number of aromatic nitrogens is 1. The number of anilines is 4. The van der Waals surface area contributed by atoms with Crippen LogP contribution in [0.15, 0.2) is 84.7 Å². The largest absolute Gasteiger partial charge is 0.387 e. The lowest BCUT2D eigenvalue weighted by Crippen LogP contribution is -2.45. The number of aliphatic hydroxyl groups excluding tert-OH is 1. The molecule has 0 bridgehead atoms. The van der Waals surface area contributed by atoms with Gasteiger partial charge < -0.3 is 26.0 Å². The molecule has 8 nitrogen and oxygen atoms in total. The second kappa shape index (κ2) is 10.6. The van der Waals surface area contributed by atoms with Gasteiger partial charge in [0.05, 0.1) is 23.1 Å². The van der Waals surface area contributed by atoms with E-state index < -0.39 is 6.10 Å². The standard InChI is InChI=1S/C31H34N6O2/c1-20-23-15-16-27(32-19-26(38)21-10-4-3-5-11-21)35-29(23)37-25-14-7-6-13-24(25)34-30(37)28(20)31(39)33-18-22-12-8-9-17-36(22)2/h3-7,10-11,13-16,22,26,34,38H,1,8-9,12,17-19H2,2H3,(H,32,35)(H,33,39). The summed E-state index contributed by atoms with van der Waals surface area (Å²) >= 11 is 0. The fourth-order valence-electron chi connectivity index (χ4n) is 5.64. The highest BCUT2D eigenvalue weighted by Gasteiger charge is 2.38. The van der Waals surface area contributed by atoms with E-state index in [-0.39, 0.29) is 5.91 Å². The van der Waals surface area contributed by atoms with Gasteiger partial charge in [0.1, 0.15) is 17.5 Å². The molecule has 0 spiro atoms. The minimum Gasteiger partial charge on any atom is -0.387 e. The highest BCUT2D eigenvalue weighted by molar-refractivity contribution is 6.15. The molecule has 3 aromatic rings. The van der Waals surface area contributed by atoms with Crippen molar-refractivity contribution in [3.63, 3.8) is 0 Å². The lowest BCUT2D eigenvalue weighted by atomic mass is 9.94. The summed E-state index contributed by atoms with van der Waals surface area (Å²) in [6.07, 6.45) is 2.81. The second-order valence-electron chi connectivity index (χ2n) is 10.4. The predicted octanol–water partition coefficient (Wildman–Crippen LogP) is 4.63. The molecule has 8 heteroatoms. The lowest BCUT2D eigenvalue weighted by molar-refractivity contribution is -0.117. The molecule has 1 saturated heterocycles. The van der Waals surface area contributed by atoms with Gasteiger partial charge >= 0.3 is 0 Å². The molecule has 0 radical (unpaired) electrons. The Hall–Kier alpha value is -4.14. The summed E-state index contributed by atoms with van der Waals surface area (Å²) in [7, 11) is 2.13. The smallest absolute Gasteiger partial charge is 0.255 e. The van der Waals surface area contributed by atoms with E-state index in [4.69, 9.17) is 4.98 Å². The van der Waals surface area contributed by atoms with E-state index in [0.717, 1.165) is 35.5 Å². The van der Waals surface area contributed by atoms with Crippen LogP contribution in [0.2, 0.25) is 0 Å². The number of amides is 1. The van der Waals surface area contributed by atoms with Gasteiger partial charge in [0, 0.05) is 24.7 Å². The van der Waals surface area contributed by atoms with Crippen LogP contribution in [0.4, 0.5) is 23.0 Å². The van der Waals surface area contributed by atoms with E-state index in [1.165, 1.54) is 12.8 Å². The molecule has 4 N–H and O–H groups in total. The number of piperidine rings is 1. The highest BCUT2D eigenvalue weighted by atomic mass is 16.3. The lowest BCUT2D eigenvalue weighted by Gasteiger charge is -2.33. The molecule has 1 aromatic heterocycles. The predicted molar refractivity (Wildman–Crippen MR) is 156 cm³/mol. The van der Waals surface area contributed by atoms with E-state index in [1.54, 1.807) is 0 Å². The quantitative estimate of drug-likeness (QED) is 0.360. The molecular weight excluding hydrogens is 488 g/mol. The van der Waals surface area contributed by atoms with E-state index in [2.05, 4.69) is 34.5 Å². The first kappa shape index (κ1) is 25.2. The Morgan fingerprint density at radius 3 is 2.74 bits per heavy atom. The van der Waals surface area contributed by atoms with Crippen LogP contribution in [0.5, 0.6) is 0 Å². The first-order valence-electron chi connectivity index (χ1n) is 13.6. The minimum atomic E-state index is -0.665. The minimum absolute atomic E-state index is 0.141. The molecule has 3 aliphatic heterocycles. The molecule has 2 atom stereocenters. The molecule has 1 fully saturated rings. The number of hydrogen-bond acceptors (Lipinski definition) is 7. The molecule has 200 valence electrons. The van der Waals surface area contributed by atoms with E-state index in [9.17, 15) is 9.90 Å². The van der Waals surface area contributed by atoms with E-state index in [0.29, 0.717) is 47.7 Å². The number of carbonyl (C=O) groups is 1. The van der Waals surface area contributed by atoms with Crippen molar-refractivity contribution in [2.24, 2.45) is 0 Å². The second-order valence-corrected chi connectivity index (χ2v) is 10.4. The molecule has 0 aliphatic carbocycles. The number of nitrogens with one attached hydrogen (secondary N) is 3. The van der Waals surface area contributed by atoms with Crippen LogP contribution < -0.4 is 20.9 Å². The van der Waals surface area contributed by atoms with Gasteiger partial charge in [0.2, 0.25) is 0 Å². The number of carbonyl (C=O) groups excluding carboxylic acids is 1. The van der Waals surface area contributed by atoms with Crippen LogP contribution >= 0.6 is 0 Å². The molecular formula is C31H34N6O2. The Morgan fingerprint density at radius 1 is 1.13 bits per heavy atom. The molecule has 3 aliphatic rings. The average molecular weight is 523 g/mol. The van der Waals surface area contributed by atoms with Gasteiger partial charge in [0.15, 0.2) is 0 Å². The zero-order valence-corrected chi connectivity index (χ0v) is 22.2. The number of rotatable bonds is 7. The Morgan fingerprint density at radius 2 is 1.92 bits per heavy atom. The maximum atomic E-state index is 13.7. The maximum Gasteiger partial charge on any atom is 0.255 e. The van der Waals surface area contributed by atoms with Crippen molar-refractivity contribution in [2.75, 3.05) is 42.2 Å². The zero-order chi connectivity index (χ0) is 26.9. The molecule has 2 unspecified atom stereocenters. The fourth-order valence-corrected chi connectivity index (χ4v) is 5.64. The van der Waals surface area contributed by atoms with Crippen LogP contribution in [-0.2, 0) is 4.79 Å². The molecule has 2 aromatic carbocycles. The van der Waals surface area contributed by atoms with Crippen molar-refractivity contribution in [2.45, 2.75) is 31.4 Å². The summed E-state index contributed by atoms with van der Waals surface area (Å²) in [6, 6.07) is 21.7. The van der Waals surface area contributed by atoms with Crippen LogP contribution in [0.25, 0.3) is 5.57 Å². The summed E-state index contributed by atoms with van der Waals surface area (Å²) in [5.41, 5.74) is 4.63. The number of fused-ring (bicyclic) bond motifs is 5. The third-order valence-corrected chi connectivity index (χ3v) is 7.88. The number of likely N-dealkylation sites (N-methyl/N-ethyl adjacent to an activating group) is 1. The monoisotopic (exact) mass is 522 g/mol. The summed E-state index contributed by atoms with van der Waals surface area (Å²) in [5.74, 6) is 1.85. The van der Waals surface area contributed by atoms with Crippen molar-refractivity contribution in [1.29, 1.82) is 0 Å². The third kappa shape index (κ3) is 4.77. The van der Waals surface area contributed by atoms with Crippen LogP contribution in [0.3, 0.4) is 0 Å². The van der Waals surface area contributed by atoms with Gasteiger partial charge in [-0.1, -0.05) is 55.5 Å². The normalized spacial score (nSPS) is 19.1. The number of pyridine rings is 1. The van der Waals surface area contributed by atoms with Crippen LogP contribution in [-0.4, -0.2) is 53.6 Å². The maximum absolute atomic E-state index is 13.7. The number of para-hydroxylation sites is 2. The van der Waals surface area contributed by atoms with Gasteiger partial charge in [-0.25, -0.2) is 4.98 Å². The van der Waals surface area contributed by atoms with Crippen molar-refractivity contribution in [1.82, 2.24) is 15.2 Å². The summed E-state index contributed by atoms with van der Waals surface area (Å²) in [5, 5.41) is 20.5. The van der Waals surface area contributed by atoms with E-state index in [1.807, 2.05) is 71.6 Å². The number of benzene rings is 2. The molecule has 1 amide bonds. The van der Waals surface area contributed by atoms with Gasteiger partial charge in [-0.05, 0) is 61.8 Å². The Balaban J connectivity index is 1.29. The van der Waals surface area contributed by atoms with Crippen LogP contribution in [0.1, 0.15) is 36.5 Å². The first-order chi connectivity index (χ1) is 19.0. The topological polar surface area (TPSA) is 92.8 Å². The zero-order valence-electron chi connectivity index (χ0n) is 22.2. The van der Waals surface area contributed by atoms with Gasteiger partial charge in [-0.2, -0.15) is 0 Å². The molecule has 4 heterocycles. The molecule has 6 rings (SSSR count). The van der Waals surface area contributed by atoms with Crippen LogP contribution in [0, 0.1) is 0 Å². The Kier molecular flexibility index (Phi) is 6.81. The number of aliphatic hydroxyl groups is 1. The summed E-state index contributed by atoms with van der Waals surface area (Å²) < 4.78 is 0. The molecule has 39 heavy (non-hydrogen) atoms. The fraction of sp³-hybridized carbons (Fsp3) is 0.290. The molecule has 0 saturated carbocycles. The summed E-state index contributed by atoms with van der Waals surface area (Å²) in [4.78, 5) is 22.9. The van der Waals surface area contributed by atoms with Crippen molar-refractivity contribution in [3.8, 4) is 0 Å². The van der Waals surface area contributed by atoms with E-state index >= 15 is 0 Å². The number of nitrogens with zero attached hydrogens (tertiary/aromatic N) is 3. The SMILES string of the molecule is C=C1C(C(=O)NCC2CCCCN2C)=C2Nc3ccccc3N2c2nc(NCC(O)c3ccccc3)ccc21. The Bertz CT molecular complexity index is 1440. The van der Waals surface area contributed by atoms with Gasteiger partial charge in [-0.15, -0.1) is 0 Å². The number of hydrogen-bond donors (Lipinski definition) is 4.